The Bertz CT molecular complexity index is 1040. The fourth-order valence-electron chi connectivity index (χ4n) is 6.29. The van der Waals surface area contributed by atoms with Crippen molar-refractivity contribution in [1.82, 2.24) is 29.7 Å². The monoisotopic (exact) mass is 494 g/mol. The standard InChI is InChI=1S/C27H38N6O3/c1-30(15-20-6-4-3-5-7-20)16-23-17-33(29-28-23)18-24-14-22-10-13-32(24)19-25(22)26(34)31-11-8-21(9-12-31)27(35)36-2/h3-7,17,21-22,24-25H,8-16,18-19H2,1-2H3/t22-,24+,25-/m0/s1. The van der Waals surface area contributed by atoms with E-state index in [9.17, 15) is 9.59 Å². The number of piperidine rings is 4. The summed E-state index contributed by atoms with van der Waals surface area (Å²) in [6.45, 7) is 5.64. The molecule has 4 atom stereocenters. The molecule has 0 radical (unpaired) electrons. The molecule has 4 aliphatic rings. The third-order valence-electron chi connectivity index (χ3n) is 8.25. The molecule has 2 aromatic rings. The zero-order chi connectivity index (χ0) is 25.1. The van der Waals surface area contributed by atoms with Crippen LogP contribution in [0.1, 0.15) is 36.9 Å². The van der Waals surface area contributed by atoms with E-state index in [0.717, 1.165) is 51.3 Å². The highest BCUT2D eigenvalue weighted by Crippen LogP contribution is 2.38. The highest BCUT2D eigenvalue weighted by atomic mass is 16.5. The topological polar surface area (TPSA) is 83.8 Å². The second kappa shape index (κ2) is 11.1. The molecular weight excluding hydrogens is 456 g/mol. The minimum atomic E-state index is -0.146. The number of benzene rings is 1. The zero-order valence-electron chi connectivity index (χ0n) is 21.5. The number of ether oxygens (including phenoxy) is 1. The minimum absolute atomic E-state index is 0.0688. The number of fused-ring (bicyclic) bond motifs is 3. The van der Waals surface area contributed by atoms with Gasteiger partial charge >= 0.3 is 5.97 Å². The van der Waals surface area contributed by atoms with Crippen molar-refractivity contribution >= 4 is 11.9 Å². The molecule has 4 fully saturated rings. The van der Waals surface area contributed by atoms with Gasteiger partial charge in [0, 0.05) is 45.0 Å². The lowest BCUT2D eigenvalue weighted by molar-refractivity contribution is -0.152. The van der Waals surface area contributed by atoms with Gasteiger partial charge in [-0.3, -0.25) is 24.1 Å². The van der Waals surface area contributed by atoms with Gasteiger partial charge in [0.25, 0.3) is 0 Å². The Balaban J connectivity index is 1.11. The van der Waals surface area contributed by atoms with Gasteiger partial charge in [-0.05, 0) is 50.8 Å². The van der Waals surface area contributed by atoms with Crippen LogP contribution in [0.15, 0.2) is 36.5 Å². The van der Waals surface area contributed by atoms with Crippen LogP contribution < -0.4 is 0 Å². The first kappa shape index (κ1) is 24.9. The van der Waals surface area contributed by atoms with Gasteiger partial charge in [-0.2, -0.15) is 0 Å². The molecule has 0 N–H and O–H groups in total. The first-order valence-corrected chi connectivity index (χ1v) is 13.2. The van der Waals surface area contributed by atoms with Crippen LogP contribution in [0.2, 0.25) is 0 Å². The number of nitrogens with zero attached hydrogens (tertiary/aromatic N) is 6. The Hall–Kier alpha value is -2.78. The second-order valence-electron chi connectivity index (χ2n) is 10.8. The molecular formula is C27H38N6O3. The summed E-state index contributed by atoms with van der Waals surface area (Å²) in [6, 6.07) is 10.9. The van der Waals surface area contributed by atoms with Crippen molar-refractivity contribution in [2.75, 3.05) is 40.3 Å². The quantitative estimate of drug-likeness (QED) is 0.519. The number of carbonyl (C=O) groups is 2. The van der Waals surface area contributed by atoms with Gasteiger partial charge in [-0.1, -0.05) is 35.5 Å². The van der Waals surface area contributed by atoms with Gasteiger partial charge in [0.05, 0.1) is 31.2 Å². The van der Waals surface area contributed by atoms with Gasteiger partial charge in [-0.25, -0.2) is 0 Å². The van der Waals surface area contributed by atoms with E-state index in [1.54, 1.807) is 0 Å². The average molecular weight is 495 g/mol. The maximum atomic E-state index is 13.3. The molecule has 2 bridgehead atoms. The molecule has 9 heteroatoms. The molecule has 36 heavy (non-hydrogen) atoms. The van der Waals surface area contributed by atoms with Crippen molar-refractivity contribution in [3.8, 4) is 0 Å². The fourth-order valence-corrected chi connectivity index (χ4v) is 6.29. The zero-order valence-corrected chi connectivity index (χ0v) is 21.5. The number of hydrogen-bond acceptors (Lipinski definition) is 7. The number of hydrogen-bond donors (Lipinski definition) is 0. The van der Waals surface area contributed by atoms with E-state index >= 15 is 0 Å². The Morgan fingerprint density at radius 2 is 1.86 bits per heavy atom. The van der Waals surface area contributed by atoms with Gasteiger partial charge < -0.3 is 9.64 Å². The molecule has 4 saturated heterocycles. The van der Waals surface area contributed by atoms with E-state index in [-0.39, 0.29) is 23.7 Å². The number of carbonyl (C=O) groups excluding carboxylic acids is 2. The first-order chi connectivity index (χ1) is 17.5. The number of methoxy groups -OCH3 is 1. The van der Waals surface area contributed by atoms with Crippen molar-refractivity contribution in [1.29, 1.82) is 0 Å². The SMILES string of the molecule is COC(=O)C1CCN(C(=O)[C@H]2CN3CC[C@H]2C[C@@H]3Cn2cc(CN(C)Cc3ccccc3)nn2)CC1. The van der Waals surface area contributed by atoms with E-state index < -0.39 is 0 Å². The van der Waals surface area contributed by atoms with Crippen LogP contribution in [0.5, 0.6) is 0 Å². The van der Waals surface area contributed by atoms with E-state index in [0.29, 0.717) is 37.9 Å². The summed E-state index contributed by atoms with van der Waals surface area (Å²) in [7, 11) is 3.54. The van der Waals surface area contributed by atoms with Crippen molar-refractivity contribution in [2.24, 2.45) is 17.8 Å². The van der Waals surface area contributed by atoms with Crippen LogP contribution in [-0.2, 0) is 34.0 Å². The molecule has 194 valence electrons. The highest BCUT2D eigenvalue weighted by molar-refractivity contribution is 5.80. The lowest BCUT2D eigenvalue weighted by Crippen LogP contribution is -2.59. The third kappa shape index (κ3) is 5.62. The fraction of sp³-hybridized carbons (Fsp3) is 0.630. The van der Waals surface area contributed by atoms with Crippen molar-refractivity contribution < 1.29 is 14.3 Å². The van der Waals surface area contributed by atoms with Crippen LogP contribution in [0.25, 0.3) is 0 Å². The summed E-state index contributed by atoms with van der Waals surface area (Å²) < 4.78 is 6.86. The summed E-state index contributed by atoms with van der Waals surface area (Å²) in [5.74, 6) is 0.553. The smallest absolute Gasteiger partial charge is 0.308 e. The van der Waals surface area contributed by atoms with E-state index in [1.807, 2.05) is 15.6 Å². The number of amides is 1. The highest BCUT2D eigenvalue weighted by Gasteiger charge is 2.45. The maximum Gasteiger partial charge on any atom is 0.308 e. The molecule has 0 saturated carbocycles. The average Bonchev–Trinajstić information content (AvgIpc) is 3.35. The van der Waals surface area contributed by atoms with Gasteiger partial charge in [0.15, 0.2) is 0 Å². The Morgan fingerprint density at radius 3 is 2.56 bits per heavy atom. The van der Waals surface area contributed by atoms with Crippen molar-refractivity contribution in [3.05, 3.63) is 47.8 Å². The van der Waals surface area contributed by atoms with E-state index in [4.69, 9.17) is 4.74 Å². The van der Waals surface area contributed by atoms with Crippen molar-refractivity contribution in [3.63, 3.8) is 0 Å². The summed E-state index contributed by atoms with van der Waals surface area (Å²) in [5.41, 5.74) is 2.27. The molecule has 5 heterocycles. The minimum Gasteiger partial charge on any atom is -0.469 e. The van der Waals surface area contributed by atoms with Gasteiger partial charge in [0.2, 0.25) is 5.91 Å². The molecule has 9 nitrogen and oxygen atoms in total. The number of rotatable bonds is 8. The Labute approximate surface area is 213 Å². The molecule has 1 aromatic heterocycles. The molecule has 1 amide bonds. The summed E-state index contributed by atoms with van der Waals surface area (Å²) in [4.78, 5) is 31.9. The van der Waals surface area contributed by atoms with Crippen LogP contribution in [0, 0.1) is 17.8 Å². The Morgan fingerprint density at radius 1 is 1.08 bits per heavy atom. The van der Waals surface area contributed by atoms with Gasteiger partial charge in [0.1, 0.15) is 0 Å². The molecule has 0 aliphatic carbocycles. The third-order valence-corrected chi connectivity index (χ3v) is 8.25. The van der Waals surface area contributed by atoms with Crippen LogP contribution in [0.3, 0.4) is 0 Å². The predicted octanol–water partition coefficient (Wildman–Crippen LogP) is 2.03. The molecule has 6 rings (SSSR count). The summed E-state index contributed by atoms with van der Waals surface area (Å²) in [6.07, 6.45) is 5.59. The number of likely N-dealkylation sites (tertiary alicyclic amines) is 1. The van der Waals surface area contributed by atoms with Crippen LogP contribution in [0.4, 0.5) is 0 Å². The number of aromatic nitrogens is 3. The lowest BCUT2D eigenvalue weighted by atomic mass is 9.74. The van der Waals surface area contributed by atoms with E-state index in [2.05, 4.69) is 57.6 Å². The maximum absolute atomic E-state index is 13.3. The van der Waals surface area contributed by atoms with Crippen molar-refractivity contribution in [2.45, 2.75) is 51.4 Å². The largest absolute Gasteiger partial charge is 0.469 e. The predicted molar refractivity (Wildman–Crippen MR) is 135 cm³/mol. The van der Waals surface area contributed by atoms with Crippen LogP contribution in [-0.4, -0.2) is 87.9 Å². The summed E-state index contributed by atoms with van der Waals surface area (Å²) >= 11 is 0. The first-order valence-electron chi connectivity index (χ1n) is 13.2. The normalized spacial score (nSPS) is 26.4. The second-order valence-corrected chi connectivity index (χ2v) is 10.8. The molecule has 1 aromatic carbocycles. The Kier molecular flexibility index (Phi) is 7.67. The van der Waals surface area contributed by atoms with E-state index in [1.165, 1.54) is 12.7 Å². The molecule has 0 spiro atoms. The summed E-state index contributed by atoms with van der Waals surface area (Å²) in [5, 5.41) is 8.82. The number of esters is 1. The van der Waals surface area contributed by atoms with Gasteiger partial charge in [-0.15, -0.1) is 5.10 Å². The molecule has 4 aliphatic heterocycles. The lowest BCUT2D eigenvalue weighted by Gasteiger charge is -2.50. The van der Waals surface area contributed by atoms with Crippen LogP contribution >= 0.6 is 0 Å². The molecule has 1 unspecified atom stereocenters.